The number of amides is 1. The highest BCUT2D eigenvalue weighted by molar-refractivity contribution is 5.94. The second kappa shape index (κ2) is 13.2. The number of imidazole rings is 1. The average molecular weight is 554 g/mol. The molecule has 2 heterocycles. The van der Waals surface area contributed by atoms with Crippen LogP contribution in [0.15, 0.2) is 30.6 Å². The van der Waals surface area contributed by atoms with Gasteiger partial charge in [0, 0.05) is 36.8 Å². The van der Waals surface area contributed by atoms with E-state index in [1.54, 1.807) is 0 Å². The number of nitrogens with zero attached hydrogens (tertiary/aromatic N) is 4. The largest absolute Gasteiger partial charge is 0.366 e. The number of hydrogen-bond acceptors (Lipinski definition) is 7. The Morgan fingerprint density at radius 2 is 1.70 bits per heavy atom. The predicted octanol–water partition coefficient (Wildman–Crippen LogP) is 4.45. The van der Waals surface area contributed by atoms with Gasteiger partial charge >= 0.3 is 0 Å². The number of anilines is 2. The molecule has 12 heteroatoms. The molecule has 1 amide bonds. The van der Waals surface area contributed by atoms with Gasteiger partial charge in [-0.3, -0.25) is 4.79 Å². The van der Waals surface area contributed by atoms with Gasteiger partial charge in [0.25, 0.3) is 5.91 Å². The summed E-state index contributed by atoms with van der Waals surface area (Å²) in [6.45, 7) is 0.849. The molecule has 0 aliphatic heterocycles. The van der Waals surface area contributed by atoms with Crippen molar-refractivity contribution in [2.24, 2.45) is 5.73 Å². The third-order valence-electron chi connectivity index (χ3n) is 7.05. The lowest BCUT2D eigenvalue weighted by Crippen LogP contribution is -2.33. The van der Waals surface area contributed by atoms with E-state index in [0.29, 0.717) is 42.5 Å². The van der Waals surface area contributed by atoms with Gasteiger partial charge in [-0.15, -0.1) is 24.8 Å². The summed E-state index contributed by atoms with van der Waals surface area (Å²) < 4.78 is 15.3. The highest BCUT2D eigenvalue weighted by Gasteiger charge is 2.23. The van der Waals surface area contributed by atoms with Crippen LogP contribution in [0.25, 0.3) is 11.2 Å². The zero-order valence-corrected chi connectivity index (χ0v) is 22.3. The number of carbonyl (C=O) groups is 1. The van der Waals surface area contributed by atoms with Gasteiger partial charge in [0.2, 0.25) is 5.95 Å². The van der Waals surface area contributed by atoms with Gasteiger partial charge in [0.1, 0.15) is 5.82 Å². The quantitative estimate of drug-likeness (QED) is 0.304. The third kappa shape index (κ3) is 7.00. The smallest absolute Gasteiger partial charge is 0.251 e. The molecule has 2 saturated carbocycles. The monoisotopic (exact) mass is 552 g/mol. The topological polar surface area (TPSA) is 123 Å². The van der Waals surface area contributed by atoms with Crippen molar-refractivity contribution in [2.75, 3.05) is 23.7 Å². The minimum absolute atomic E-state index is 0. The van der Waals surface area contributed by atoms with Gasteiger partial charge in [-0.05, 0) is 62.8 Å². The van der Waals surface area contributed by atoms with Gasteiger partial charge in [-0.25, -0.2) is 9.37 Å². The van der Waals surface area contributed by atoms with Crippen LogP contribution in [0, 0.1) is 5.82 Å². The Labute approximate surface area is 228 Å². The van der Waals surface area contributed by atoms with Gasteiger partial charge in [0.15, 0.2) is 17.0 Å². The van der Waals surface area contributed by atoms with Gasteiger partial charge in [-0.2, -0.15) is 9.97 Å². The number of halogens is 3. The number of nitrogens with one attached hydrogen (secondary N) is 3. The van der Waals surface area contributed by atoms with Crippen molar-refractivity contribution in [1.82, 2.24) is 24.8 Å². The molecule has 0 radical (unpaired) electrons. The molecule has 2 fully saturated rings. The molecule has 2 aliphatic rings. The molecule has 0 spiro atoms. The Bertz CT molecular complexity index is 1160. The molecular weight excluding hydrogens is 518 g/mol. The van der Waals surface area contributed by atoms with Crippen LogP contribution in [0.4, 0.5) is 16.2 Å². The molecule has 2 aliphatic carbocycles. The van der Waals surface area contributed by atoms with Crippen molar-refractivity contribution in [3.05, 3.63) is 42.0 Å². The SMILES string of the molecule is Cl.Cl.N[C@H]1CC[C@H](Nc2nc(NCCNC(=O)c3ccc(F)cc3)c3ncn(C4CCCC4)c3n2)CC1. The fourth-order valence-electron chi connectivity index (χ4n) is 5.06. The maximum atomic E-state index is 13.1. The number of fused-ring (bicyclic) bond motifs is 1. The van der Waals surface area contributed by atoms with Crippen molar-refractivity contribution in [3.8, 4) is 0 Å². The minimum atomic E-state index is -0.367. The molecule has 2 aromatic heterocycles. The van der Waals surface area contributed by atoms with Crippen LogP contribution in [0.3, 0.4) is 0 Å². The van der Waals surface area contributed by atoms with Crippen LogP contribution in [0.1, 0.15) is 67.8 Å². The molecule has 9 nitrogen and oxygen atoms in total. The van der Waals surface area contributed by atoms with Crippen LogP contribution >= 0.6 is 24.8 Å². The number of carbonyl (C=O) groups excluding carboxylic acids is 1. The Morgan fingerprint density at radius 1 is 1.00 bits per heavy atom. The average Bonchev–Trinajstić information content (AvgIpc) is 3.53. The number of benzene rings is 1. The van der Waals surface area contributed by atoms with Crippen molar-refractivity contribution < 1.29 is 9.18 Å². The van der Waals surface area contributed by atoms with E-state index in [1.165, 1.54) is 37.1 Å². The first-order chi connectivity index (χ1) is 17.1. The van der Waals surface area contributed by atoms with E-state index in [0.717, 1.165) is 49.7 Å². The molecule has 37 heavy (non-hydrogen) atoms. The lowest BCUT2D eigenvalue weighted by molar-refractivity contribution is 0.0955. The van der Waals surface area contributed by atoms with Crippen LogP contribution < -0.4 is 21.7 Å². The van der Waals surface area contributed by atoms with Crippen molar-refractivity contribution in [2.45, 2.75) is 69.5 Å². The van der Waals surface area contributed by atoms with E-state index in [4.69, 9.17) is 15.7 Å². The van der Waals surface area contributed by atoms with Crippen molar-refractivity contribution in [1.29, 1.82) is 0 Å². The number of rotatable bonds is 8. The molecule has 1 aromatic carbocycles. The summed E-state index contributed by atoms with van der Waals surface area (Å²) in [6.07, 6.45) is 10.6. The number of hydrogen-bond donors (Lipinski definition) is 4. The summed E-state index contributed by atoms with van der Waals surface area (Å²) in [7, 11) is 0. The van der Waals surface area contributed by atoms with E-state index in [1.807, 2.05) is 6.33 Å². The van der Waals surface area contributed by atoms with Gasteiger partial charge < -0.3 is 26.3 Å². The Hall–Kier alpha value is -2.69. The summed E-state index contributed by atoms with van der Waals surface area (Å²) in [5.41, 5.74) is 8.06. The van der Waals surface area contributed by atoms with Crippen molar-refractivity contribution in [3.63, 3.8) is 0 Å². The highest BCUT2D eigenvalue weighted by atomic mass is 35.5. The molecule has 0 bridgehead atoms. The van der Waals surface area contributed by atoms with Gasteiger partial charge in [0.05, 0.1) is 6.33 Å². The predicted molar refractivity (Wildman–Crippen MR) is 148 cm³/mol. The summed E-state index contributed by atoms with van der Waals surface area (Å²) in [4.78, 5) is 26.6. The van der Waals surface area contributed by atoms with E-state index in [-0.39, 0.29) is 42.6 Å². The summed E-state index contributed by atoms with van der Waals surface area (Å²) in [5.74, 6) is 0.630. The molecule has 5 rings (SSSR count). The summed E-state index contributed by atoms with van der Waals surface area (Å²) in [6, 6.07) is 6.49. The lowest BCUT2D eigenvalue weighted by Gasteiger charge is -2.27. The van der Waals surface area contributed by atoms with E-state index >= 15 is 0 Å². The zero-order valence-electron chi connectivity index (χ0n) is 20.7. The second-order valence-electron chi connectivity index (χ2n) is 9.60. The minimum Gasteiger partial charge on any atom is -0.366 e. The van der Waals surface area contributed by atoms with E-state index in [2.05, 4.69) is 25.5 Å². The molecular formula is C25H35Cl2FN8O. The first-order valence-electron chi connectivity index (χ1n) is 12.6. The van der Waals surface area contributed by atoms with Crippen molar-refractivity contribution >= 4 is 53.7 Å². The fraction of sp³-hybridized carbons (Fsp3) is 0.520. The second-order valence-corrected chi connectivity index (χ2v) is 9.60. The third-order valence-corrected chi connectivity index (χ3v) is 7.05. The molecule has 3 aromatic rings. The van der Waals surface area contributed by atoms with E-state index in [9.17, 15) is 9.18 Å². The molecule has 0 unspecified atom stereocenters. The van der Waals surface area contributed by atoms with Gasteiger partial charge in [-0.1, -0.05) is 12.8 Å². The Morgan fingerprint density at radius 3 is 2.41 bits per heavy atom. The first kappa shape index (κ1) is 28.9. The Balaban J connectivity index is 0.00000190. The van der Waals surface area contributed by atoms with Crippen LogP contribution in [0.2, 0.25) is 0 Å². The maximum Gasteiger partial charge on any atom is 0.251 e. The first-order valence-corrected chi connectivity index (χ1v) is 12.6. The molecule has 0 saturated heterocycles. The highest BCUT2D eigenvalue weighted by Crippen LogP contribution is 2.33. The summed E-state index contributed by atoms with van der Waals surface area (Å²) >= 11 is 0. The number of nitrogens with two attached hydrogens (primary N) is 1. The number of aromatic nitrogens is 4. The molecule has 0 atom stereocenters. The van der Waals surface area contributed by atoms with Crippen LogP contribution in [-0.4, -0.2) is 50.6 Å². The zero-order chi connectivity index (χ0) is 24.2. The van der Waals surface area contributed by atoms with Crippen LogP contribution in [-0.2, 0) is 0 Å². The standard InChI is InChI=1S/C25H33FN8O.2ClH/c26-17-7-5-16(6-8-17)24(35)29-14-13-28-22-21-23(34(15-30-21)20-3-1-2-4-20)33-25(32-22)31-19-11-9-18(27)10-12-19;;/h5-8,15,18-20H,1-4,9-14,27H2,(H,29,35)(H2,28,31,32,33);2*1H/t18-,19-;;. The summed E-state index contributed by atoms with van der Waals surface area (Å²) in [5, 5.41) is 9.70. The molecule has 5 N–H and O–H groups in total. The lowest BCUT2D eigenvalue weighted by atomic mass is 9.92. The van der Waals surface area contributed by atoms with E-state index < -0.39 is 0 Å². The normalized spacial score (nSPS) is 19.6. The van der Waals surface area contributed by atoms with Crippen LogP contribution in [0.5, 0.6) is 0 Å². The Kier molecular flexibility index (Phi) is 10.3. The fourth-order valence-corrected chi connectivity index (χ4v) is 5.06. The molecule has 202 valence electrons. The maximum absolute atomic E-state index is 13.1.